The second-order valence-corrected chi connectivity index (χ2v) is 7.75. The summed E-state index contributed by atoms with van der Waals surface area (Å²) in [5.74, 6) is 1.98. The molecule has 128 valence electrons. The molecule has 2 saturated heterocycles. The van der Waals surface area contributed by atoms with Gasteiger partial charge in [0.15, 0.2) is 0 Å². The summed E-state index contributed by atoms with van der Waals surface area (Å²) in [6.45, 7) is 11.3. The van der Waals surface area contributed by atoms with Crippen molar-refractivity contribution in [3.05, 3.63) is 6.07 Å². The largest absolute Gasteiger partial charge is 0.388 e. The summed E-state index contributed by atoms with van der Waals surface area (Å²) in [5.41, 5.74) is 5.00. The summed E-state index contributed by atoms with van der Waals surface area (Å²) in [5, 5.41) is 10.6. The van der Waals surface area contributed by atoms with Crippen molar-refractivity contribution in [2.45, 2.75) is 26.4 Å². The van der Waals surface area contributed by atoms with Crippen LogP contribution in [-0.4, -0.2) is 71.9 Å². The number of nitrogen functional groups attached to an aromatic ring is 1. The third-order valence-corrected chi connectivity index (χ3v) is 5.41. The van der Waals surface area contributed by atoms with Gasteiger partial charge >= 0.3 is 0 Å². The second-order valence-electron chi connectivity index (χ2n) is 7.75. The van der Waals surface area contributed by atoms with Crippen LogP contribution >= 0.6 is 0 Å². The predicted molar refractivity (Wildman–Crippen MR) is 92.8 cm³/mol. The average molecular weight is 320 g/mol. The van der Waals surface area contributed by atoms with E-state index >= 15 is 0 Å². The molecule has 2 aliphatic rings. The van der Waals surface area contributed by atoms with Crippen LogP contribution < -0.4 is 15.5 Å². The van der Waals surface area contributed by atoms with Gasteiger partial charge in [0.2, 0.25) is 5.95 Å². The minimum Gasteiger partial charge on any atom is -0.388 e. The highest BCUT2D eigenvalue weighted by Gasteiger charge is 2.48. The van der Waals surface area contributed by atoms with E-state index in [0.29, 0.717) is 12.5 Å². The number of piperazine rings is 1. The van der Waals surface area contributed by atoms with Crippen LogP contribution in [-0.2, 0) is 0 Å². The molecule has 2 fully saturated rings. The number of β-amino-alcohol motifs (C(OH)–C–C–N with tert-alkyl or cyclic N) is 1. The lowest BCUT2D eigenvalue weighted by Crippen LogP contribution is -2.45. The molecule has 7 nitrogen and oxygen atoms in total. The first-order valence-electron chi connectivity index (χ1n) is 8.23. The molecule has 0 aromatic carbocycles. The quantitative estimate of drug-likeness (QED) is 0.816. The summed E-state index contributed by atoms with van der Waals surface area (Å²) in [4.78, 5) is 15.5. The van der Waals surface area contributed by atoms with Gasteiger partial charge in [-0.1, -0.05) is 13.8 Å². The Kier molecular flexibility index (Phi) is 3.88. The van der Waals surface area contributed by atoms with Gasteiger partial charge in [0, 0.05) is 50.7 Å². The van der Waals surface area contributed by atoms with Crippen molar-refractivity contribution < 1.29 is 5.11 Å². The Morgan fingerprint density at radius 3 is 2.09 bits per heavy atom. The maximum absolute atomic E-state index is 10.6. The molecule has 1 aromatic rings. The maximum atomic E-state index is 10.6. The molecule has 1 aromatic heterocycles. The Bertz CT molecular complexity index is 564. The van der Waals surface area contributed by atoms with Gasteiger partial charge in [0.05, 0.1) is 5.60 Å². The van der Waals surface area contributed by atoms with E-state index in [0.717, 1.165) is 44.4 Å². The Balaban J connectivity index is 1.84. The summed E-state index contributed by atoms with van der Waals surface area (Å²) in [6.07, 6.45) is 0. The normalized spacial score (nSPS) is 28.4. The third kappa shape index (κ3) is 3.07. The van der Waals surface area contributed by atoms with Crippen LogP contribution in [0.4, 0.5) is 17.6 Å². The summed E-state index contributed by atoms with van der Waals surface area (Å²) in [6, 6.07) is 2.00. The van der Waals surface area contributed by atoms with E-state index in [1.54, 1.807) is 0 Å². The topological polar surface area (TPSA) is 81.8 Å². The highest BCUT2D eigenvalue weighted by Crippen LogP contribution is 2.40. The monoisotopic (exact) mass is 320 g/mol. The van der Waals surface area contributed by atoms with E-state index in [4.69, 9.17) is 5.73 Å². The molecule has 3 N–H and O–H groups in total. The van der Waals surface area contributed by atoms with E-state index in [1.165, 1.54) is 0 Å². The molecule has 3 rings (SSSR count). The number of rotatable bonds is 2. The second kappa shape index (κ2) is 5.49. The number of nitrogens with zero attached hydrogens (tertiary/aromatic N) is 5. The van der Waals surface area contributed by atoms with Crippen LogP contribution in [0.3, 0.4) is 0 Å². The first kappa shape index (κ1) is 16.3. The molecule has 1 unspecified atom stereocenters. The van der Waals surface area contributed by atoms with Crippen molar-refractivity contribution in [3.63, 3.8) is 0 Å². The van der Waals surface area contributed by atoms with E-state index in [2.05, 4.69) is 45.6 Å². The minimum absolute atomic E-state index is 0.194. The minimum atomic E-state index is -0.749. The standard InChI is InChI=1S/C16H28N6O/c1-15(2)10-22(11-16(15,3)23)13-9-12(18-14(17)19-13)21-7-5-20(4)6-8-21/h9,23H,5-8,10-11H2,1-4H3,(H2,17,18,19). The zero-order valence-corrected chi connectivity index (χ0v) is 14.6. The number of nitrogens with two attached hydrogens (primary N) is 1. The van der Waals surface area contributed by atoms with E-state index in [-0.39, 0.29) is 5.41 Å². The van der Waals surface area contributed by atoms with Crippen LogP contribution in [0.5, 0.6) is 0 Å². The van der Waals surface area contributed by atoms with Crippen molar-refractivity contribution >= 4 is 17.6 Å². The number of anilines is 3. The van der Waals surface area contributed by atoms with Gasteiger partial charge in [0.1, 0.15) is 11.6 Å². The molecule has 0 aliphatic carbocycles. The zero-order chi connectivity index (χ0) is 16.8. The van der Waals surface area contributed by atoms with Crippen LogP contribution in [0.15, 0.2) is 6.07 Å². The van der Waals surface area contributed by atoms with Crippen molar-refractivity contribution in [2.24, 2.45) is 5.41 Å². The van der Waals surface area contributed by atoms with Crippen molar-refractivity contribution in [1.82, 2.24) is 14.9 Å². The molecule has 0 spiro atoms. The van der Waals surface area contributed by atoms with Crippen LogP contribution in [0, 0.1) is 5.41 Å². The van der Waals surface area contributed by atoms with Crippen LogP contribution in [0.1, 0.15) is 20.8 Å². The SMILES string of the molecule is CN1CCN(c2cc(N3CC(C)(C)C(C)(O)C3)nc(N)n2)CC1. The Labute approximate surface area is 138 Å². The number of hydrogen-bond acceptors (Lipinski definition) is 7. The fourth-order valence-electron chi connectivity index (χ4n) is 3.25. The lowest BCUT2D eigenvalue weighted by atomic mass is 9.79. The van der Waals surface area contributed by atoms with Crippen molar-refractivity contribution in [2.75, 3.05) is 61.8 Å². The predicted octanol–water partition coefficient (Wildman–Crippen LogP) is 0.408. The summed E-state index contributed by atoms with van der Waals surface area (Å²) >= 11 is 0. The fraction of sp³-hybridized carbons (Fsp3) is 0.750. The highest BCUT2D eigenvalue weighted by atomic mass is 16.3. The highest BCUT2D eigenvalue weighted by molar-refractivity contribution is 5.55. The van der Waals surface area contributed by atoms with Crippen LogP contribution in [0.25, 0.3) is 0 Å². The van der Waals surface area contributed by atoms with Crippen LogP contribution in [0.2, 0.25) is 0 Å². The molecule has 2 aliphatic heterocycles. The molecular formula is C16H28N6O. The Morgan fingerprint density at radius 2 is 1.57 bits per heavy atom. The van der Waals surface area contributed by atoms with Gasteiger partial charge in [-0.15, -0.1) is 0 Å². The molecule has 1 atom stereocenters. The molecule has 3 heterocycles. The third-order valence-electron chi connectivity index (χ3n) is 5.41. The lowest BCUT2D eigenvalue weighted by molar-refractivity contribution is -0.00891. The molecular weight excluding hydrogens is 292 g/mol. The van der Waals surface area contributed by atoms with Gasteiger partial charge in [-0.25, -0.2) is 0 Å². The van der Waals surface area contributed by atoms with Gasteiger partial charge < -0.3 is 25.5 Å². The molecule has 7 heteroatoms. The molecule has 0 bridgehead atoms. The fourth-order valence-corrected chi connectivity index (χ4v) is 3.25. The Morgan fingerprint density at radius 1 is 1.00 bits per heavy atom. The molecule has 0 amide bonds. The van der Waals surface area contributed by atoms with E-state index in [9.17, 15) is 5.11 Å². The molecule has 0 saturated carbocycles. The maximum Gasteiger partial charge on any atom is 0.223 e. The number of aliphatic hydroxyl groups is 1. The van der Waals surface area contributed by atoms with Gasteiger partial charge in [0.25, 0.3) is 0 Å². The van der Waals surface area contributed by atoms with Crippen molar-refractivity contribution in [3.8, 4) is 0 Å². The lowest BCUT2D eigenvalue weighted by Gasteiger charge is -2.33. The van der Waals surface area contributed by atoms with Gasteiger partial charge in [-0.05, 0) is 14.0 Å². The Hall–Kier alpha value is -1.60. The average Bonchev–Trinajstić information content (AvgIpc) is 2.67. The van der Waals surface area contributed by atoms with Gasteiger partial charge in [-0.2, -0.15) is 9.97 Å². The molecule has 23 heavy (non-hydrogen) atoms. The zero-order valence-electron chi connectivity index (χ0n) is 14.6. The summed E-state index contributed by atoms with van der Waals surface area (Å²) < 4.78 is 0. The summed E-state index contributed by atoms with van der Waals surface area (Å²) in [7, 11) is 2.13. The first-order chi connectivity index (χ1) is 10.7. The van der Waals surface area contributed by atoms with Gasteiger partial charge in [-0.3, -0.25) is 0 Å². The number of likely N-dealkylation sites (N-methyl/N-ethyl adjacent to an activating group) is 1. The first-order valence-corrected chi connectivity index (χ1v) is 8.23. The van der Waals surface area contributed by atoms with E-state index in [1.807, 2.05) is 13.0 Å². The smallest absolute Gasteiger partial charge is 0.223 e. The number of hydrogen-bond donors (Lipinski definition) is 2. The number of aromatic nitrogens is 2. The van der Waals surface area contributed by atoms with Crippen molar-refractivity contribution in [1.29, 1.82) is 0 Å². The van der Waals surface area contributed by atoms with E-state index < -0.39 is 5.60 Å². The molecule has 0 radical (unpaired) electrons.